The second kappa shape index (κ2) is 4.59. The minimum absolute atomic E-state index is 0.145. The summed E-state index contributed by atoms with van der Waals surface area (Å²) in [4.78, 5) is 50.5. The van der Waals surface area contributed by atoms with E-state index in [2.05, 4.69) is 0 Å². The highest BCUT2D eigenvalue weighted by Crippen LogP contribution is 2.90. The minimum Gasteiger partial charge on any atom is -0.467 e. The summed E-state index contributed by atoms with van der Waals surface area (Å²) in [5.74, 6) is -3.97. The minimum atomic E-state index is -1.39. The van der Waals surface area contributed by atoms with Crippen LogP contribution in [-0.2, 0) is 47.6 Å². The van der Waals surface area contributed by atoms with Gasteiger partial charge >= 0.3 is 23.9 Å². The average Bonchev–Trinajstić information content (AvgIpc) is 3.38. The molecule has 0 N–H and O–H groups in total. The van der Waals surface area contributed by atoms with Crippen LogP contribution in [0.15, 0.2) is 0 Å². The van der Waals surface area contributed by atoms with Crippen LogP contribution in [0.3, 0.4) is 0 Å². The fourth-order valence-electron chi connectivity index (χ4n) is 8.08. The summed E-state index contributed by atoms with van der Waals surface area (Å²) in [5, 5.41) is 0. The van der Waals surface area contributed by atoms with Crippen molar-refractivity contribution in [3.05, 3.63) is 0 Å². The summed E-state index contributed by atoms with van der Waals surface area (Å²) in [6, 6.07) is 0. The van der Waals surface area contributed by atoms with Crippen molar-refractivity contribution < 1.29 is 47.6 Å². The third-order valence-electron chi connectivity index (χ3n) is 8.66. The summed E-state index contributed by atoms with van der Waals surface area (Å²) in [6.07, 6.45) is 0.659. The van der Waals surface area contributed by atoms with E-state index >= 15 is 0 Å². The van der Waals surface area contributed by atoms with Crippen LogP contribution in [0.4, 0.5) is 0 Å². The van der Waals surface area contributed by atoms with E-state index in [4.69, 9.17) is 28.4 Å². The van der Waals surface area contributed by atoms with Gasteiger partial charge in [0, 0.05) is 23.7 Å². The lowest BCUT2D eigenvalue weighted by Gasteiger charge is -2.55. The Bertz CT molecular complexity index is 775. The summed E-state index contributed by atoms with van der Waals surface area (Å²) in [6.45, 7) is 0. The van der Waals surface area contributed by atoms with Crippen LogP contribution in [0.25, 0.3) is 0 Å². The van der Waals surface area contributed by atoms with Gasteiger partial charge in [0.15, 0.2) is 0 Å². The van der Waals surface area contributed by atoms with Crippen molar-refractivity contribution in [2.24, 2.45) is 35.5 Å². The Kier molecular flexibility index (Phi) is 2.79. The van der Waals surface area contributed by atoms with Crippen molar-refractivity contribution in [2.75, 3.05) is 28.4 Å². The number of esters is 4. The first-order valence-corrected chi connectivity index (χ1v) is 9.55. The van der Waals surface area contributed by atoms with Crippen LogP contribution < -0.4 is 0 Å². The van der Waals surface area contributed by atoms with Gasteiger partial charge in [-0.1, -0.05) is 0 Å². The largest absolute Gasteiger partial charge is 0.467 e. The van der Waals surface area contributed by atoms with E-state index in [1.165, 1.54) is 28.4 Å². The Hall–Kier alpha value is -2.20. The van der Waals surface area contributed by atoms with Gasteiger partial charge in [0.2, 0.25) is 22.4 Å². The molecular formula is C19H20O10. The van der Waals surface area contributed by atoms with Crippen LogP contribution in [0, 0.1) is 35.5 Å². The highest BCUT2D eigenvalue weighted by molar-refractivity contribution is 6.04. The number of rotatable bonds is 4. The van der Waals surface area contributed by atoms with E-state index in [0.29, 0.717) is 6.42 Å². The normalized spacial score (nSPS) is 55.6. The number of ether oxygens (including phenoxy) is 6. The molecule has 0 spiro atoms. The van der Waals surface area contributed by atoms with Crippen molar-refractivity contribution >= 4 is 23.9 Å². The average molecular weight is 408 g/mol. The van der Waals surface area contributed by atoms with Crippen molar-refractivity contribution in [1.29, 1.82) is 0 Å². The van der Waals surface area contributed by atoms with Crippen LogP contribution >= 0.6 is 0 Å². The summed E-state index contributed by atoms with van der Waals surface area (Å²) < 4.78 is 31.5. The van der Waals surface area contributed by atoms with Gasteiger partial charge in [-0.3, -0.25) is 0 Å². The van der Waals surface area contributed by atoms with Crippen molar-refractivity contribution in [3.63, 3.8) is 0 Å². The van der Waals surface area contributed by atoms with Crippen LogP contribution in [0.1, 0.15) is 6.42 Å². The molecule has 0 radical (unpaired) electrons. The smallest absolute Gasteiger partial charge is 0.342 e. The van der Waals surface area contributed by atoms with Crippen LogP contribution in [0.2, 0.25) is 0 Å². The molecule has 2 aliphatic heterocycles. The second-order valence-corrected chi connectivity index (χ2v) is 8.78. The lowest BCUT2D eigenvalue weighted by atomic mass is 9.40. The molecule has 6 aliphatic rings. The molecule has 29 heavy (non-hydrogen) atoms. The fourth-order valence-corrected chi connectivity index (χ4v) is 8.08. The van der Waals surface area contributed by atoms with Gasteiger partial charge in [-0.2, -0.15) is 0 Å². The summed E-state index contributed by atoms with van der Waals surface area (Å²) in [5.41, 5.74) is -5.56. The Morgan fingerprint density at radius 2 is 0.828 bits per heavy atom. The zero-order chi connectivity index (χ0) is 20.7. The molecule has 156 valence electrons. The lowest BCUT2D eigenvalue weighted by molar-refractivity contribution is -0.182. The molecule has 10 nitrogen and oxygen atoms in total. The molecule has 2 bridgehead atoms. The molecule has 4 aliphatic carbocycles. The second-order valence-electron chi connectivity index (χ2n) is 8.78. The van der Waals surface area contributed by atoms with Crippen LogP contribution in [-0.4, -0.2) is 74.7 Å². The van der Waals surface area contributed by atoms with Gasteiger partial charge in [-0.25, -0.2) is 19.2 Å². The number of hydrogen-bond donors (Lipinski definition) is 0. The maximum absolute atomic E-state index is 12.6. The molecule has 0 amide bonds. The molecule has 6 rings (SSSR count). The standard InChI is InChI=1S/C19H20O10/c1-24-12(20)16-8-6-5-7(9(8)17(16,28-16)13(21)25-2)11-10(6)18(14(22)26-3)19(11,29-18)15(23)27-4/h6-11H,5H2,1-4H3/t6?,7?,8-,9+,10+,11-,16-,17+,18+,19-. The maximum atomic E-state index is 12.6. The van der Waals surface area contributed by atoms with Gasteiger partial charge in [0.1, 0.15) is 0 Å². The highest BCUT2D eigenvalue weighted by atomic mass is 16.7. The molecule has 2 saturated heterocycles. The zero-order valence-electron chi connectivity index (χ0n) is 16.3. The predicted octanol–water partition coefficient (Wildman–Crippen LogP) is -1.16. The van der Waals surface area contributed by atoms with E-state index < -0.39 is 46.3 Å². The summed E-state index contributed by atoms with van der Waals surface area (Å²) in [7, 11) is 4.98. The van der Waals surface area contributed by atoms with Gasteiger partial charge in [-0.15, -0.1) is 0 Å². The van der Waals surface area contributed by atoms with Gasteiger partial charge in [0.05, 0.1) is 28.4 Å². The first-order chi connectivity index (χ1) is 13.8. The number of hydrogen-bond acceptors (Lipinski definition) is 10. The van der Waals surface area contributed by atoms with E-state index in [9.17, 15) is 19.2 Å². The molecule has 2 heterocycles. The summed E-state index contributed by atoms with van der Waals surface area (Å²) >= 11 is 0. The molecule has 0 aromatic rings. The van der Waals surface area contributed by atoms with E-state index in [-0.39, 0.29) is 35.5 Å². The predicted molar refractivity (Wildman–Crippen MR) is 86.7 cm³/mol. The molecule has 4 saturated carbocycles. The fraction of sp³-hybridized carbons (Fsp3) is 0.789. The number of carbonyl (C=O) groups excluding carboxylic acids is 4. The van der Waals surface area contributed by atoms with E-state index in [0.717, 1.165) is 0 Å². The molecule has 10 heteroatoms. The molecule has 0 aromatic heterocycles. The first kappa shape index (κ1) is 17.6. The third kappa shape index (κ3) is 1.26. The Labute approximate surface area is 165 Å². The van der Waals surface area contributed by atoms with Crippen molar-refractivity contribution in [1.82, 2.24) is 0 Å². The van der Waals surface area contributed by atoms with Gasteiger partial charge in [0.25, 0.3) is 0 Å². The quantitative estimate of drug-likeness (QED) is 0.243. The number of fused-ring (bicyclic) bond motifs is 14. The van der Waals surface area contributed by atoms with E-state index in [1.807, 2.05) is 0 Å². The van der Waals surface area contributed by atoms with Crippen molar-refractivity contribution in [2.45, 2.75) is 28.8 Å². The van der Waals surface area contributed by atoms with Gasteiger partial charge in [-0.05, 0) is 18.3 Å². The maximum Gasteiger partial charge on any atom is 0.342 e. The topological polar surface area (TPSA) is 130 Å². The van der Waals surface area contributed by atoms with Gasteiger partial charge < -0.3 is 28.4 Å². The lowest BCUT2D eigenvalue weighted by Crippen LogP contribution is -2.74. The monoisotopic (exact) mass is 408 g/mol. The molecule has 0 aromatic carbocycles. The first-order valence-electron chi connectivity index (χ1n) is 9.55. The molecule has 6 fully saturated rings. The van der Waals surface area contributed by atoms with E-state index in [1.54, 1.807) is 0 Å². The Morgan fingerprint density at radius 3 is 1.03 bits per heavy atom. The molecule has 2 unspecified atom stereocenters. The Morgan fingerprint density at radius 1 is 0.586 bits per heavy atom. The highest BCUT2D eigenvalue weighted by Gasteiger charge is 3.07. The number of methoxy groups -OCH3 is 4. The molecular weight excluding hydrogens is 388 g/mol. The zero-order valence-corrected chi connectivity index (χ0v) is 16.3. The third-order valence-corrected chi connectivity index (χ3v) is 8.66. The molecule has 10 atom stereocenters. The Balaban J connectivity index is 1.44. The van der Waals surface area contributed by atoms with Crippen LogP contribution in [0.5, 0.6) is 0 Å². The SMILES string of the molecule is COC(=O)[C@]12O[C@@]1(C(=O)OC)[C@@H]1C3CC([C@@H]4[C@H]3[C@@]3(C(=O)OC)O[C@@]43C(=O)OC)[C@@H]12. The van der Waals surface area contributed by atoms with Crippen molar-refractivity contribution in [3.8, 4) is 0 Å². The number of carbonyl (C=O) groups is 4. The number of epoxide rings is 2.